The number of rotatable bonds is 5. The van der Waals surface area contributed by atoms with E-state index in [0.29, 0.717) is 0 Å². The van der Waals surface area contributed by atoms with Gasteiger partial charge in [-0.25, -0.2) is 4.98 Å². The van der Waals surface area contributed by atoms with Crippen LogP contribution in [0.2, 0.25) is 0 Å². The molecule has 1 fully saturated rings. The lowest BCUT2D eigenvalue weighted by molar-refractivity contribution is 0.260. The molecule has 0 spiro atoms. The summed E-state index contributed by atoms with van der Waals surface area (Å²) >= 11 is 1.75. The van der Waals surface area contributed by atoms with Crippen LogP contribution >= 0.6 is 11.3 Å². The Hall–Kier alpha value is -0.450. The SMILES string of the molecule is CCN1CCCC1CNCc1nc(C)cs1. The molecule has 2 heterocycles. The topological polar surface area (TPSA) is 28.2 Å². The fourth-order valence-electron chi connectivity index (χ4n) is 2.37. The van der Waals surface area contributed by atoms with Gasteiger partial charge in [0.1, 0.15) is 5.01 Å². The summed E-state index contributed by atoms with van der Waals surface area (Å²) in [6, 6.07) is 0.742. The number of thiazole rings is 1. The van der Waals surface area contributed by atoms with E-state index >= 15 is 0 Å². The largest absolute Gasteiger partial charge is 0.309 e. The fourth-order valence-corrected chi connectivity index (χ4v) is 3.11. The van der Waals surface area contributed by atoms with E-state index in [1.807, 2.05) is 0 Å². The van der Waals surface area contributed by atoms with E-state index in [1.54, 1.807) is 11.3 Å². The molecule has 1 aromatic heterocycles. The first-order valence-corrected chi connectivity index (χ1v) is 7.03. The van der Waals surface area contributed by atoms with E-state index in [-0.39, 0.29) is 0 Å². The Labute approximate surface area is 102 Å². The standard InChI is InChI=1S/C12H21N3S/c1-3-15-6-4-5-11(15)7-13-8-12-14-10(2)9-16-12/h9,11,13H,3-8H2,1-2H3. The van der Waals surface area contributed by atoms with Crippen molar-refractivity contribution in [2.24, 2.45) is 0 Å². The molecule has 0 amide bonds. The molecule has 16 heavy (non-hydrogen) atoms. The molecule has 1 aromatic rings. The summed E-state index contributed by atoms with van der Waals surface area (Å²) in [5.74, 6) is 0. The molecule has 1 N–H and O–H groups in total. The summed E-state index contributed by atoms with van der Waals surface area (Å²) in [7, 11) is 0. The third kappa shape index (κ3) is 3.03. The van der Waals surface area contributed by atoms with Crippen LogP contribution in [-0.2, 0) is 6.54 Å². The molecule has 1 aliphatic rings. The summed E-state index contributed by atoms with van der Waals surface area (Å²) in [5, 5.41) is 6.85. The Morgan fingerprint density at radius 2 is 2.50 bits per heavy atom. The Kier molecular flexibility index (Phi) is 4.32. The fraction of sp³-hybridized carbons (Fsp3) is 0.750. The summed E-state index contributed by atoms with van der Waals surface area (Å²) < 4.78 is 0. The number of nitrogens with zero attached hydrogens (tertiary/aromatic N) is 2. The minimum absolute atomic E-state index is 0.742. The zero-order valence-electron chi connectivity index (χ0n) is 10.2. The van der Waals surface area contributed by atoms with Crippen LogP contribution in [0.3, 0.4) is 0 Å². The number of likely N-dealkylation sites (tertiary alicyclic amines) is 1. The lowest BCUT2D eigenvalue weighted by atomic mass is 10.2. The molecular weight excluding hydrogens is 218 g/mol. The van der Waals surface area contributed by atoms with Gasteiger partial charge < -0.3 is 5.32 Å². The van der Waals surface area contributed by atoms with E-state index in [9.17, 15) is 0 Å². The second-order valence-electron chi connectivity index (χ2n) is 4.44. The van der Waals surface area contributed by atoms with Gasteiger partial charge in [0.05, 0.1) is 0 Å². The monoisotopic (exact) mass is 239 g/mol. The summed E-state index contributed by atoms with van der Waals surface area (Å²) in [4.78, 5) is 7.03. The maximum absolute atomic E-state index is 4.46. The van der Waals surface area contributed by atoms with Crippen molar-refractivity contribution < 1.29 is 0 Å². The number of likely N-dealkylation sites (N-methyl/N-ethyl adjacent to an activating group) is 1. The average Bonchev–Trinajstić information content (AvgIpc) is 2.87. The summed E-state index contributed by atoms with van der Waals surface area (Å²) in [6.07, 6.45) is 2.70. The van der Waals surface area contributed by atoms with Crippen molar-refractivity contribution in [1.29, 1.82) is 0 Å². The van der Waals surface area contributed by atoms with Gasteiger partial charge in [-0.1, -0.05) is 6.92 Å². The highest BCUT2D eigenvalue weighted by molar-refractivity contribution is 7.09. The van der Waals surface area contributed by atoms with Crippen molar-refractivity contribution >= 4 is 11.3 Å². The van der Waals surface area contributed by atoms with Crippen LogP contribution < -0.4 is 5.32 Å². The molecular formula is C12H21N3S. The van der Waals surface area contributed by atoms with Gasteiger partial charge in [-0.15, -0.1) is 11.3 Å². The van der Waals surface area contributed by atoms with Gasteiger partial charge in [-0.3, -0.25) is 4.90 Å². The maximum atomic E-state index is 4.46. The van der Waals surface area contributed by atoms with E-state index in [4.69, 9.17) is 0 Å². The molecule has 0 aromatic carbocycles. The number of aromatic nitrogens is 1. The van der Waals surface area contributed by atoms with Crippen molar-refractivity contribution in [3.05, 3.63) is 16.1 Å². The van der Waals surface area contributed by atoms with Crippen LogP contribution in [0.15, 0.2) is 5.38 Å². The third-order valence-electron chi connectivity index (χ3n) is 3.23. The van der Waals surface area contributed by atoms with Gasteiger partial charge in [-0.05, 0) is 32.9 Å². The van der Waals surface area contributed by atoms with Crippen molar-refractivity contribution in [1.82, 2.24) is 15.2 Å². The Balaban J connectivity index is 1.71. The number of hydrogen-bond acceptors (Lipinski definition) is 4. The smallest absolute Gasteiger partial charge is 0.107 e. The van der Waals surface area contributed by atoms with Crippen LogP contribution in [0.1, 0.15) is 30.5 Å². The average molecular weight is 239 g/mol. The summed E-state index contributed by atoms with van der Waals surface area (Å²) in [6.45, 7) is 8.79. The first-order chi connectivity index (χ1) is 7.79. The molecule has 0 radical (unpaired) electrons. The maximum Gasteiger partial charge on any atom is 0.107 e. The number of hydrogen-bond donors (Lipinski definition) is 1. The first-order valence-electron chi connectivity index (χ1n) is 6.15. The highest BCUT2D eigenvalue weighted by Crippen LogP contribution is 2.16. The van der Waals surface area contributed by atoms with Crippen molar-refractivity contribution in [3.63, 3.8) is 0 Å². The van der Waals surface area contributed by atoms with Gasteiger partial charge in [0, 0.05) is 30.2 Å². The lowest BCUT2D eigenvalue weighted by Gasteiger charge is -2.22. The van der Waals surface area contributed by atoms with Crippen LogP contribution in [-0.4, -0.2) is 35.6 Å². The first kappa shape index (κ1) is 12.0. The van der Waals surface area contributed by atoms with E-state index in [0.717, 1.165) is 24.8 Å². The van der Waals surface area contributed by atoms with Crippen LogP contribution in [0, 0.1) is 6.92 Å². The van der Waals surface area contributed by atoms with E-state index in [2.05, 4.69) is 34.4 Å². The van der Waals surface area contributed by atoms with E-state index < -0.39 is 0 Å². The van der Waals surface area contributed by atoms with Gasteiger partial charge in [0.2, 0.25) is 0 Å². The molecule has 2 rings (SSSR count). The second-order valence-corrected chi connectivity index (χ2v) is 5.38. The molecule has 1 aliphatic heterocycles. The van der Waals surface area contributed by atoms with Gasteiger partial charge in [0.15, 0.2) is 0 Å². The Morgan fingerprint density at radius 3 is 3.19 bits per heavy atom. The minimum atomic E-state index is 0.742. The molecule has 1 unspecified atom stereocenters. The van der Waals surface area contributed by atoms with Crippen molar-refractivity contribution in [2.75, 3.05) is 19.6 Å². The Bertz CT molecular complexity index is 324. The molecule has 0 saturated carbocycles. The minimum Gasteiger partial charge on any atom is -0.309 e. The Morgan fingerprint density at radius 1 is 1.62 bits per heavy atom. The predicted octanol–water partition coefficient (Wildman–Crippen LogP) is 2.03. The van der Waals surface area contributed by atoms with E-state index in [1.165, 1.54) is 30.9 Å². The highest BCUT2D eigenvalue weighted by atomic mass is 32.1. The molecule has 3 nitrogen and oxygen atoms in total. The lowest BCUT2D eigenvalue weighted by Crippen LogP contribution is -2.37. The zero-order valence-corrected chi connectivity index (χ0v) is 11.0. The van der Waals surface area contributed by atoms with Crippen molar-refractivity contribution in [2.45, 2.75) is 39.3 Å². The van der Waals surface area contributed by atoms with Crippen LogP contribution in [0.4, 0.5) is 0 Å². The van der Waals surface area contributed by atoms with Gasteiger partial charge >= 0.3 is 0 Å². The molecule has 4 heteroatoms. The molecule has 0 bridgehead atoms. The number of aryl methyl sites for hydroxylation is 1. The van der Waals surface area contributed by atoms with Crippen LogP contribution in [0.25, 0.3) is 0 Å². The third-order valence-corrected chi connectivity index (χ3v) is 4.19. The number of nitrogens with one attached hydrogen (secondary N) is 1. The normalized spacial score (nSPS) is 21.8. The second kappa shape index (κ2) is 5.75. The molecule has 1 saturated heterocycles. The van der Waals surface area contributed by atoms with Crippen LogP contribution in [0.5, 0.6) is 0 Å². The molecule has 90 valence electrons. The van der Waals surface area contributed by atoms with Gasteiger partial charge in [0.25, 0.3) is 0 Å². The molecule has 0 aliphatic carbocycles. The quantitative estimate of drug-likeness (QED) is 0.852. The van der Waals surface area contributed by atoms with Crippen molar-refractivity contribution in [3.8, 4) is 0 Å². The van der Waals surface area contributed by atoms with Gasteiger partial charge in [-0.2, -0.15) is 0 Å². The summed E-state index contributed by atoms with van der Waals surface area (Å²) in [5.41, 5.74) is 1.14. The molecule has 1 atom stereocenters. The highest BCUT2D eigenvalue weighted by Gasteiger charge is 2.22. The predicted molar refractivity (Wildman–Crippen MR) is 68.8 cm³/mol. The zero-order chi connectivity index (χ0) is 11.4.